The Kier molecular flexibility index (Phi) is 4.10. The van der Waals surface area contributed by atoms with Gasteiger partial charge in [0.2, 0.25) is 0 Å². The summed E-state index contributed by atoms with van der Waals surface area (Å²) < 4.78 is 25.9. The van der Waals surface area contributed by atoms with Gasteiger partial charge in [0.25, 0.3) is 0 Å². The highest BCUT2D eigenvalue weighted by Crippen LogP contribution is 2.27. The van der Waals surface area contributed by atoms with E-state index in [1.807, 2.05) is 18.3 Å². The summed E-state index contributed by atoms with van der Waals surface area (Å²) in [6.07, 6.45) is 3.31. The maximum absolute atomic E-state index is 13.0. The highest BCUT2D eigenvalue weighted by molar-refractivity contribution is 5.16. The largest absolute Gasteiger partial charge is 0.468 e. The molecule has 1 aromatic carbocycles. The first-order valence-corrected chi connectivity index (χ1v) is 7.80. The van der Waals surface area contributed by atoms with E-state index in [1.54, 1.807) is 23.1 Å². The van der Waals surface area contributed by atoms with Crippen molar-refractivity contribution in [2.45, 2.75) is 19.3 Å². The molecule has 6 nitrogen and oxygen atoms in total. The molecular formula is C17H17FN4O2. The Bertz CT molecular complexity index is 785. The molecule has 3 aromatic rings. The van der Waals surface area contributed by atoms with Crippen molar-refractivity contribution >= 4 is 0 Å². The minimum absolute atomic E-state index is 0.225. The Labute approximate surface area is 138 Å². The van der Waals surface area contributed by atoms with Gasteiger partial charge in [0.15, 0.2) is 6.23 Å². The number of ether oxygens (including phenoxy) is 1. The second-order valence-electron chi connectivity index (χ2n) is 5.74. The molecule has 0 aliphatic carbocycles. The molecule has 3 heterocycles. The van der Waals surface area contributed by atoms with E-state index in [-0.39, 0.29) is 12.0 Å². The van der Waals surface area contributed by atoms with Crippen molar-refractivity contribution in [3.8, 4) is 0 Å². The maximum atomic E-state index is 13.0. The van der Waals surface area contributed by atoms with Crippen LogP contribution in [0.5, 0.6) is 0 Å². The fraction of sp³-hybridized carbons (Fsp3) is 0.294. The second kappa shape index (κ2) is 6.54. The first-order chi connectivity index (χ1) is 11.8. The summed E-state index contributed by atoms with van der Waals surface area (Å²) >= 11 is 0. The molecule has 1 aliphatic heterocycles. The van der Waals surface area contributed by atoms with Crippen molar-refractivity contribution in [3.05, 3.63) is 71.7 Å². The first kappa shape index (κ1) is 15.0. The molecule has 0 N–H and O–H groups in total. The van der Waals surface area contributed by atoms with Crippen molar-refractivity contribution in [1.82, 2.24) is 19.9 Å². The summed E-state index contributed by atoms with van der Waals surface area (Å²) in [5, 5.41) is 8.39. The van der Waals surface area contributed by atoms with Crippen LogP contribution in [0.25, 0.3) is 0 Å². The fourth-order valence-electron chi connectivity index (χ4n) is 2.82. The smallest absolute Gasteiger partial charge is 0.157 e. The van der Waals surface area contributed by atoms with Gasteiger partial charge in [-0.15, -0.1) is 5.10 Å². The molecule has 124 valence electrons. The Morgan fingerprint density at radius 1 is 1.17 bits per heavy atom. The molecule has 1 atom stereocenters. The van der Waals surface area contributed by atoms with Crippen LogP contribution in [0.15, 0.2) is 53.3 Å². The zero-order valence-electron chi connectivity index (χ0n) is 13.0. The van der Waals surface area contributed by atoms with Gasteiger partial charge in [0.1, 0.15) is 17.3 Å². The molecule has 0 bridgehead atoms. The molecular weight excluding hydrogens is 311 g/mol. The molecule has 0 saturated carbocycles. The third-order valence-corrected chi connectivity index (χ3v) is 3.99. The normalized spacial score (nSPS) is 18.3. The van der Waals surface area contributed by atoms with Crippen LogP contribution in [-0.2, 0) is 17.8 Å². The van der Waals surface area contributed by atoms with E-state index < -0.39 is 0 Å². The molecule has 1 fully saturated rings. The first-order valence-electron chi connectivity index (χ1n) is 7.80. The molecule has 7 heteroatoms. The van der Waals surface area contributed by atoms with Crippen molar-refractivity contribution in [2.24, 2.45) is 0 Å². The van der Waals surface area contributed by atoms with Crippen LogP contribution >= 0.6 is 0 Å². The van der Waals surface area contributed by atoms with E-state index >= 15 is 0 Å². The Hall–Kier alpha value is -2.51. The molecule has 0 spiro atoms. The molecule has 1 saturated heterocycles. The minimum atomic E-state index is -0.244. The van der Waals surface area contributed by atoms with Gasteiger partial charge in [-0.1, -0.05) is 17.3 Å². The molecule has 2 aromatic heterocycles. The van der Waals surface area contributed by atoms with Crippen LogP contribution in [0, 0.1) is 5.82 Å². The Morgan fingerprint density at radius 3 is 2.83 bits per heavy atom. The standard InChI is InChI=1S/C17H17FN4O2/c18-14-5-3-13(4-6-14)10-22-12-16(19-20-22)17-21(7-9-24-17)11-15-2-1-8-23-15/h1-6,8,12,17H,7,9-11H2/t17-/m0/s1. The molecule has 4 rings (SSSR count). The molecule has 0 radical (unpaired) electrons. The summed E-state index contributed by atoms with van der Waals surface area (Å²) in [6, 6.07) is 10.2. The maximum Gasteiger partial charge on any atom is 0.157 e. The average molecular weight is 328 g/mol. The topological polar surface area (TPSA) is 56.3 Å². The van der Waals surface area contributed by atoms with E-state index in [2.05, 4.69) is 15.2 Å². The second-order valence-corrected chi connectivity index (χ2v) is 5.74. The van der Waals surface area contributed by atoms with Gasteiger partial charge in [0, 0.05) is 6.54 Å². The summed E-state index contributed by atoms with van der Waals surface area (Å²) in [7, 11) is 0. The van der Waals surface area contributed by atoms with Crippen LogP contribution in [0.1, 0.15) is 23.2 Å². The highest BCUT2D eigenvalue weighted by Gasteiger charge is 2.29. The van der Waals surface area contributed by atoms with Crippen LogP contribution < -0.4 is 0 Å². The van der Waals surface area contributed by atoms with Crippen LogP contribution in [-0.4, -0.2) is 33.0 Å². The van der Waals surface area contributed by atoms with E-state index in [0.29, 0.717) is 19.7 Å². The number of nitrogens with zero attached hydrogens (tertiary/aromatic N) is 4. The van der Waals surface area contributed by atoms with E-state index in [9.17, 15) is 4.39 Å². The summed E-state index contributed by atoms with van der Waals surface area (Å²) in [6.45, 7) is 2.67. The van der Waals surface area contributed by atoms with Gasteiger partial charge in [0.05, 0.1) is 32.2 Å². The number of benzene rings is 1. The summed E-state index contributed by atoms with van der Waals surface area (Å²) in [5.74, 6) is 0.648. The third-order valence-electron chi connectivity index (χ3n) is 3.99. The van der Waals surface area contributed by atoms with Crippen molar-refractivity contribution in [2.75, 3.05) is 13.2 Å². The fourth-order valence-corrected chi connectivity index (χ4v) is 2.82. The predicted molar refractivity (Wildman–Crippen MR) is 83.3 cm³/mol. The van der Waals surface area contributed by atoms with E-state index in [0.717, 1.165) is 23.6 Å². The van der Waals surface area contributed by atoms with E-state index in [4.69, 9.17) is 9.15 Å². The monoisotopic (exact) mass is 328 g/mol. The average Bonchev–Trinajstić information content (AvgIpc) is 3.32. The number of hydrogen-bond donors (Lipinski definition) is 0. The van der Waals surface area contributed by atoms with Gasteiger partial charge in [-0.25, -0.2) is 9.07 Å². The number of furan rings is 1. The molecule has 0 unspecified atom stereocenters. The van der Waals surface area contributed by atoms with Crippen molar-refractivity contribution < 1.29 is 13.5 Å². The molecule has 0 amide bonds. The lowest BCUT2D eigenvalue weighted by atomic mass is 10.2. The van der Waals surface area contributed by atoms with Gasteiger partial charge in [-0.2, -0.15) is 0 Å². The molecule has 1 aliphatic rings. The zero-order chi connectivity index (χ0) is 16.4. The number of halogens is 1. The van der Waals surface area contributed by atoms with Gasteiger partial charge >= 0.3 is 0 Å². The Morgan fingerprint density at radius 2 is 2.04 bits per heavy atom. The number of rotatable bonds is 5. The van der Waals surface area contributed by atoms with Gasteiger partial charge in [-0.3, -0.25) is 4.90 Å². The minimum Gasteiger partial charge on any atom is -0.468 e. The quantitative estimate of drug-likeness (QED) is 0.720. The zero-order valence-corrected chi connectivity index (χ0v) is 13.0. The third kappa shape index (κ3) is 3.22. The van der Waals surface area contributed by atoms with Gasteiger partial charge < -0.3 is 9.15 Å². The summed E-state index contributed by atoms with van der Waals surface area (Å²) in [5.41, 5.74) is 1.73. The lowest BCUT2D eigenvalue weighted by Crippen LogP contribution is -2.23. The van der Waals surface area contributed by atoms with Crippen molar-refractivity contribution in [1.29, 1.82) is 0 Å². The molecule has 24 heavy (non-hydrogen) atoms. The number of aromatic nitrogens is 3. The SMILES string of the molecule is Fc1ccc(Cn2cc([C@@H]3OCCN3Cc3ccco3)nn2)cc1. The number of hydrogen-bond acceptors (Lipinski definition) is 5. The lowest BCUT2D eigenvalue weighted by Gasteiger charge is -2.19. The summed E-state index contributed by atoms with van der Waals surface area (Å²) in [4.78, 5) is 2.16. The van der Waals surface area contributed by atoms with Crippen LogP contribution in [0.2, 0.25) is 0 Å². The van der Waals surface area contributed by atoms with Crippen LogP contribution in [0.3, 0.4) is 0 Å². The Balaban J connectivity index is 1.46. The van der Waals surface area contributed by atoms with Crippen LogP contribution in [0.4, 0.5) is 4.39 Å². The highest BCUT2D eigenvalue weighted by atomic mass is 19.1. The predicted octanol–water partition coefficient (Wildman–Crippen LogP) is 2.59. The lowest BCUT2D eigenvalue weighted by molar-refractivity contribution is 0.0223. The van der Waals surface area contributed by atoms with Gasteiger partial charge in [-0.05, 0) is 29.8 Å². The van der Waals surface area contributed by atoms with Crippen molar-refractivity contribution in [3.63, 3.8) is 0 Å². The van der Waals surface area contributed by atoms with E-state index in [1.165, 1.54) is 12.1 Å².